The number of carbonyl (C=O) groups excluding carboxylic acids is 2. The maximum Gasteiger partial charge on any atom is 0.277 e. The summed E-state index contributed by atoms with van der Waals surface area (Å²) in [6, 6.07) is 13.1. The lowest BCUT2D eigenvalue weighted by atomic mass is 10.0. The minimum Gasteiger partial charge on any atom is -0.364 e. The molecule has 1 fully saturated rings. The Morgan fingerprint density at radius 1 is 0.900 bits per heavy atom. The minimum absolute atomic E-state index is 0.248. The largest absolute Gasteiger partial charge is 0.364 e. The van der Waals surface area contributed by atoms with Crippen LogP contribution in [0.2, 0.25) is 5.02 Å². The number of nitrogens with zero attached hydrogens (tertiary/aromatic N) is 3. The molecule has 0 spiro atoms. The number of imide groups is 1. The average Bonchev–Trinajstić information content (AvgIpc) is 2.99. The van der Waals surface area contributed by atoms with Gasteiger partial charge < -0.3 is 9.80 Å². The average molecular weight is 428 g/mol. The minimum atomic E-state index is -0.309. The molecule has 0 N–H and O–H groups in total. The van der Waals surface area contributed by atoms with E-state index < -0.39 is 0 Å². The van der Waals surface area contributed by atoms with E-state index in [1.54, 1.807) is 36.4 Å². The van der Waals surface area contributed by atoms with Gasteiger partial charge in [0.1, 0.15) is 11.5 Å². The molecule has 2 aliphatic heterocycles. The fourth-order valence-electron chi connectivity index (χ4n) is 3.86. The number of benzene rings is 2. The second-order valence-corrected chi connectivity index (χ2v) is 8.10. The number of carbonyl (C=O) groups is 2. The van der Waals surface area contributed by atoms with Crippen molar-refractivity contribution >= 4 is 29.0 Å². The predicted molar refractivity (Wildman–Crippen MR) is 114 cm³/mol. The lowest BCUT2D eigenvalue weighted by molar-refractivity contribution is -0.137. The normalized spacial score (nSPS) is 18.0. The molecule has 4 rings (SSSR count). The molecule has 0 aliphatic carbocycles. The number of likely N-dealkylation sites (N-methyl/N-ethyl adjacent to an activating group) is 1. The molecule has 0 aromatic heterocycles. The zero-order chi connectivity index (χ0) is 21.3. The van der Waals surface area contributed by atoms with Crippen molar-refractivity contribution in [3.8, 4) is 0 Å². The first-order valence-corrected chi connectivity index (χ1v) is 10.4. The molecule has 0 bridgehead atoms. The summed E-state index contributed by atoms with van der Waals surface area (Å²) in [5, 5.41) is 0.574. The Morgan fingerprint density at radius 2 is 1.53 bits per heavy atom. The van der Waals surface area contributed by atoms with E-state index >= 15 is 0 Å². The number of hydrogen-bond acceptors (Lipinski definition) is 4. The van der Waals surface area contributed by atoms with E-state index in [1.807, 2.05) is 11.9 Å². The summed E-state index contributed by atoms with van der Waals surface area (Å²) in [7, 11) is 2.04. The maximum atomic E-state index is 13.3. The van der Waals surface area contributed by atoms with Gasteiger partial charge in [-0.1, -0.05) is 35.9 Å². The van der Waals surface area contributed by atoms with Crippen LogP contribution >= 0.6 is 11.6 Å². The summed E-state index contributed by atoms with van der Waals surface area (Å²) in [5.74, 6) is -0.869. The highest BCUT2D eigenvalue weighted by Gasteiger charge is 2.41. The molecule has 0 atom stereocenters. The molecule has 2 aromatic rings. The number of hydrogen-bond donors (Lipinski definition) is 0. The van der Waals surface area contributed by atoms with Crippen molar-refractivity contribution in [1.29, 1.82) is 0 Å². The van der Waals surface area contributed by atoms with Gasteiger partial charge in [-0.25, -0.2) is 4.39 Å². The quantitative estimate of drug-likeness (QED) is 0.688. The van der Waals surface area contributed by atoms with Crippen LogP contribution in [0.4, 0.5) is 4.39 Å². The first-order valence-electron chi connectivity index (χ1n) is 9.98. The topological polar surface area (TPSA) is 43.9 Å². The molecule has 30 heavy (non-hydrogen) atoms. The van der Waals surface area contributed by atoms with Crippen LogP contribution in [-0.4, -0.2) is 66.3 Å². The van der Waals surface area contributed by atoms with Gasteiger partial charge in [0, 0.05) is 37.7 Å². The van der Waals surface area contributed by atoms with E-state index in [1.165, 1.54) is 17.0 Å². The number of rotatable bonds is 5. The van der Waals surface area contributed by atoms with E-state index in [9.17, 15) is 14.0 Å². The molecule has 2 aliphatic rings. The molecule has 7 heteroatoms. The predicted octanol–water partition coefficient (Wildman–Crippen LogP) is 3.05. The number of amides is 2. The third kappa shape index (κ3) is 4.11. The summed E-state index contributed by atoms with van der Waals surface area (Å²) >= 11 is 6.02. The van der Waals surface area contributed by atoms with Crippen LogP contribution in [0.3, 0.4) is 0 Å². The van der Waals surface area contributed by atoms with Crippen molar-refractivity contribution < 1.29 is 14.0 Å². The summed E-state index contributed by atoms with van der Waals surface area (Å²) in [4.78, 5) is 32.2. The molecule has 5 nitrogen and oxygen atoms in total. The van der Waals surface area contributed by atoms with Crippen LogP contribution in [-0.2, 0) is 16.0 Å². The van der Waals surface area contributed by atoms with Crippen molar-refractivity contribution in [3.05, 3.63) is 76.2 Å². The van der Waals surface area contributed by atoms with Crippen molar-refractivity contribution in [2.45, 2.75) is 6.42 Å². The Morgan fingerprint density at radius 3 is 2.17 bits per heavy atom. The first kappa shape index (κ1) is 20.6. The molecule has 2 heterocycles. The Labute approximate surface area is 180 Å². The molecule has 2 amide bonds. The van der Waals surface area contributed by atoms with Gasteiger partial charge in [-0.3, -0.25) is 14.5 Å². The standard InChI is InChI=1S/C23H23ClFN3O2/c1-26-12-14-27(15-13-26)21-20(17-4-6-18(24)7-5-17)22(29)28(23(21)30)11-10-16-2-8-19(25)9-3-16/h2-9H,10-15H2,1H3. The molecule has 2 aromatic carbocycles. The van der Waals surface area contributed by atoms with Crippen LogP contribution in [0.1, 0.15) is 11.1 Å². The molecule has 156 valence electrons. The van der Waals surface area contributed by atoms with Crippen molar-refractivity contribution in [3.63, 3.8) is 0 Å². The van der Waals surface area contributed by atoms with Gasteiger partial charge >= 0.3 is 0 Å². The Bertz CT molecular complexity index is 981. The molecular weight excluding hydrogens is 405 g/mol. The second kappa shape index (κ2) is 8.58. The summed E-state index contributed by atoms with van der Waals surface area (Å²) in [5.41, 5.74) is 2.46. The smallest absolute Gasteiger partial charge is 0.277 e. The van der Waals surface area contributed by atoms with Crippen molar-refractivity contribution in [2.75, 3.05) is 39.8 Å². The lowest BCUT2D eigenvalue weighted by Gasteiger charge is -2.34. The van der Waals surface area contributed by atoms with E-state index in [4.69, 9.17) is 11.6 Å². The Balaban J connectivity index is 1.63. The van der Waals surface area contributed by atoms with Gasteiger partial charge in [0.05, 0.1) is 5.57 Å². The van der Waals surface area contributed by atoms with Crippen molar-refractivity contribution in [1.82, 2.24) is 14.7 Å². The monoisotopic (exact) mass is 427 g/mol. The molecule has 0 unspecified atom stereocenters. The first-order chi connectivity index (χ1) is 14.4. The Hall–Kier alpha value is -2.70. The van der Waals surface area contributed by atoms with Crippen LogP contribution < -0.4 is 0 Å². The molecular formula is C23H23ClFN3O2. The zero-order valence-corrected chi connectivity index (χ0v) is 17.5. The SMILES string of the molecule is CN1CCN(C2=C(c3ccc(Cl)cc3)C(=O)N(CCc3ccc(F)cc3)C2=O)CC1. The van der Waals surface area contributed by atoms with Crippen LogP contribution in [0, 0.1) is 5.82 Å². The van der Waals surface area contributed by atoms with Gasteiger partial charge in [0.2, 0.25) is 0 Å². The van der Waals surface area contributed by atoms with Gasteiger partial charge in [0.25, 0.3) is 11.8 Å². The third-order valence-electron chi connectivity index (χ3n) is 5.63. The van der Waals surface area contributed by atoms with Crippen LogP contribution in [0.5, 0.6) is 0 Å². The van der Waals surface area contributed by atoms with Crippen LogP contribution in [0.15, 0.2) is 54.2 Å². The second-order valence-electron chi connectivity index (χ2n) is 7.66. The van der Waals surface area contributed by atoms with Gasteiger partial charge in [0.15, 0.2) is 0 Å². The number of halogens is 2. The highest BCUT2D eigenvalue weighted by atomic mass is 35.5. The maximum absolute atomic E-state index is 13.3. The lowest BCUT2D eigenvalue weighted by Crippen LogP contribution is -2.46. The summed E-state index contributed by atoms with van der Waals surface area (Å²) < 4.78 is 13.2. The third-order valence-corrected chi connectivity index (χ3v) is 5.89. The summed E-state index contributed by atoms with van der Waals surface area (Å²) in [6.45, 7) is 3.28. The van der Waals surface area contributed by atoms with Crippen LogP contribution in [0.25, 0.3) is 5.57 Å². The van der Waals surface area contributed by atoms with E-state index in [0.29, 0.717) is 41.4 Å². The molecule has 0 radical (unpaired) electrons. The van der Waals surface area contributed by atoms with Gasteiger partial charge in [-0.2, -0.15) is 0 Å². The number of piperazine rings is 1. The molecule has 1 saturated heterocycles. The fourth-order valence-corrected chi connectivity index (χ4v) is 3.98. The fraction of sp³-hybridized carbons (Fsp3) is 0.304. The highest BCUT2D eigenvalue weighted by Crippen LogP contribution is 2.32. The van der Waals surface area contributed by atoms with E-state index in [2.05, 4.69) is 4.90 Å². The van der Waals surface area contributed by atoms with Crippen molar-refractivity contribution in [2.24, 2.45) is 0 Å². The van der Waals surface area contributed by atoms with Gasteiger partial charge in [-0.15, -0.1) is 0 Å². The Kier molecular flexibility index (Phi) is 5.88. The van der Waals surface area contributed by atoms with E-state index in [-0.39, 0.29) is 24.2 Å². The summed E-state index contributed by atoms with van der Waals surface area (Å²) in [6.07, 6.45) is 0.474. The highest BCUT2D eigenvalue weighted by molar-refractivity contribution is 6.36. The van der Waals surface area contributed by atoms with E-state index in [0.717, 1.165) is 18.7 Å². The zero-order valence-electron chi connectivity index (χ0n) is 16.8. The molecule has 0 saturated carbocycles. The van der Waals surface area contributed by atoms with Gasteiger partial charge in [-0.05, 0) is 48.9 Å².